The smallest absolute Gasteiger partial charge is 0.339 e. The molecular formula is C15H21N3O2. The maximum absolute atomic E-state index is 11.5. The molecule has 0 unspecified atom stereocenters. The van der Waals surface area contributed by atoms with Crippen LogP contribution in [0.1, 0.15) is 34.5 Å². The Hall–Kier alpha value is -1.62. The van der Waals surface area contributed by atoms with Crippen molar-refractivity contribution < 1.29 is 9.90 Å². The minimum absolute atomic E-state index is 0.371. The van der Waals surface area contributed by atoms with Gasteiger partial charge >= 0.3 is 5.97 Å². The molecule has 1 N–H and O–H groups in total. The number of carbonyl (C=O) groups is 1. The van der Waals surface area contributed by atoms with Gasteiger partial charge in [-0.25, -0.2) is 9.78 Å². The van der Waals surface area contributed by atoms with E-state index in [1.807, 2.05) is 6.07 Å². The number of hydrogen-bond acceptors (Lipinski definition) is 4. The Morgan fingerprint density at radius 3 is 2.60 bits per heavy atom. The Balaban J connectivity index is 1.97. The zero-order valence-electron chi connectivity index (χ0n) is 11.9. The van der Waals surface area contributed by atoms with Crippen molar-refractivity contribution in [2.75, 3.05) is 38.1 Å². The van der Waals surface area contributed by atoms with Gasteiger partial charge in [0.15, 0.2) is 0 Å². The molecule has 5 heteroatoms. The highest BCUT2D eigenvalue weighted by atomic mass is 16.4. The fourth-order valence-corrected chi connectivity index (χ4v) is 3.04. The molecule has 1 aromatic heterocycles. The molecule has 0 saturated carbocycles. The number of fused-ring (bicyclic) bond motifs is 1. The van der Waals surface area contributed by atoms with Gasteiger partial charge in [0.05, 0.1) is 0 Å². The molecule has 0 spiro atoms. The number of carboxylic acid groups (broad SMARTS) is 1. The number of hydrogen-bond donors (Lipinski definition) is 1. The lowest BCUT2D eigenvalue weighted by atomic mass is 9.94. The summed E-state index contributed by atoms with van der Waals surface area (Å²) in [4.78, 5) is 20.6. The number of aromatic carboxylic acids is 1. The van der Waals surface area contributed by atoms with Crippen LogP contribution >= 0.6 is 0 Å². The molecule has 2 aliphatic rings. The molecule has 1 aliphatic carbocycles. The van der Waals surface area contributed by atoms with Crippen molar-refractivity contribution in [1.82, 2.24) is 9.88 Å². The van der Waals surface area contributed by atoms with Crippen molar-refractivity contribution in [3.63, 3.8) is 0 Å². The Labute approximate surface area is 119 Å². The molecule has 0 amide bonds. The Morgan fingerprint density at radius 2 is 1.90 bits per heavy atom. The number of aryl methyl sites for hydroxylation is 2. The first-order chi connectivity index (χ1) is 9.65. The van der Waals surface area contributed by atoms with Crippen LogP contribution in [0.15, 0.2) is 6.07 Å². The van der Waals surface area contributed by atoms with E-state index in [2.05, 4.69) is 16.8 Å². The average Bonchev–Trinajstić information content (AvgIpc) is 2.46. The van der Waals surface area contributed by atoms with E-state index in [0.29, 0.717) is 11.4 Å². The monoisotopic (exact) mass is 275 g/mol. The summed E-state index contributed by atoms with van der Waals surface area (Å²) in [5, 5.41) is 9.47. The molecule has 0 atom stereocenters. The number of rotatable bonds is 2. The molecular weight excluding hydrogens is 254 g/mol. The second-order valence-corrected chi connectivity index (χ2v) is 5.77. The third-order valence-corrected chi connectivity index (χ3v) is 4.31. The summed E-state index contributed by atoms with van der Waals surface area (Å²) < 4.78 is 0. The maximum Gasteiger partial charge on any atom is 0.339 e. The second kappa shape index (κ2) is 5.40. The van der Waals surface area contributed by atoms with E-state index in [4.69, 9.17) is 4.98 Å². The zero-order chi connectivity index (χ0) is 14.1. The van der Waals surface area contributed by atoms with Crippen molar-refractivity contribution in [1.29, 1.82) is 0 Å². The predicted octanol–water partition coefficient (Wildman–Crippen LogP) is 1.41. The first-order valence-corrected chi connectivity index (χ1v) is 7.35. The van der Waals surface area contributed by atoms with Crippen molar-refractivity contribution in [2.45, 2.75) is 25.7 Å². The number of pyridine rings is 1. The van der Waals surface area contributed by atoms with Crippen LogP contribution in [0.5, 0.6) is 0 Å². The zero-order valence-corrected chi connectivity index (χ0v) is 11.9. The molecule has 0 bridgehead atoms. The van der Waals surface area contributed by atoms with E-state index < -0.39 is 5.97 Å². The van der Waals surface area contributed by atoms with Gasteiger partial charge in [0.1, 0.15) is 11.4 Å². The van der Waals surface area contributed by atoms with Gasteiger partial charge in [-0.3, -0.25) is 0 Å². The van der Waals surface area contributed by atoms with Crippen LogP contribution in [-0.2, 0) is 12.8 Å². The summed E-state index contributed by atoms with van der Waals surface area (Å²) in [7, 11) is 2.09. The predicted molar refractivity (Wildman–Crippen MR) is 77.5 cm³/mol. The van der Waals surface area contributed by atoms with Crippen molar-refractivity contribution in [3.8, 4) is 0 Å². The van der Waals surface area contributed by atoms with Gasteiger partial charge < -0.3 is 14.9 Å². The SMILES string of the molecule is CN1CCN(c2nc3c(cc2C(=O)O)CCCC3)CC1. The van der Waals surface area contributed by atoms with E-state index in [1.165, 1.54) is 0 Å². The molecule has 1 fully saturated rings. The summed E-state index contributed by atoms with van der Waals surface area (Å²) in [6, 6.07) is 1.86. The molecule has 0 radical (unpaired) electrons. The van der Waals surface area contributed by atoms with E-state index in [-0.39, 0.29) is 0 Å². The number of likely N-dealkylation sites (N-methyl/N-ethyl adjacent to an activating group) is 1. The van der Waals surface area contributed by atoms with Crippen LogP contribution < -0.4 is 4.90 Å². The van der Waals surface area contributed by atoms with Crippen LogP contribution in [0.3, 0.4) is 0 Å². The van der Waals surface area contributed by atoms with E-state index in [1.54, 1.807) is 0 Å². The number of piperazine rings is 1. The van der Waals surface area contributed by atoms with Crippen LogP contribution in [-0.4, -0.2) is 54.2 Å². The fraction of sp³-hybridized carbons (Fsp3) is 0.600. The Bertz CT molecular complexity index is 522. The Morgan fingerprint density at radius 1 is 1.20 bits per heavy atom. The van der Waals surface area contributed by atoms with Crippen LogP contribution in [0.2, 0.25) is 0 Å². The van der Waals surface area contributed by atoms with Gasteiger partial charge in [-0.1, -0.05) is 0 Å². The molecule has 108 valence electrons. The maximum atomic E-state index is 11.5. The number of carboxylic acids is 1. The summed E-state index contributed by atoms with van der Waals surface area (Å²) in [6.07, 6.45) is 4.25. The first-order valence-electron chi connectivity index (χ1n) is 7.35. The molecule has 20 heavy (non-hydrogen) atoms. The van der Waals surface area contributed by atoms with E-state index in [0.717, 1.165) is 63.1 Å². The van der Waals surface area contributed by atoms with Gasteiger partial charge in [0.2, 0.25) is 0 Å². The van der Waals surface area contributed by atoms with Gasteiger partial charge in [0.25, 0.3) is 0 Å². The largest absolute Gasteiger partial charge is 0.478 e. The summed E-state index contributed by atoms with van der Waals surface area (Å²) >= 11 is 0. The standard InChI is InChI=1S/C15H21N3O2/c1-17-6-8-18(9-7-17)14-12(15(19)20)10-11-4-2-3-5-13(11)16-14/h10H,2-9H2,1H3,(H,19,20). The minimum Gasteiger partial charge on any atom is -0.478 e. The van der Waals surface area contributed by atoms with Gasteiger partial charge in [-0.2, -0.15) is 0 Å². The first kappa shape index (κ1) is 13.4. The molecule has 3 rings (SSSR count). The summed E-state index contributed by atoms with van der Waals surface area (Å²) in [5.74, 6) is -0.189. The van der Waals surface area contributed by atoms with Crippen molar-refractivity contribution in [2.24, 2.45) is 0 Å². The number of aromatic nitrogens is 1. The van der Waals surface area contributed by atoms with E-state index >= 15 is 0 Å². The normalized spacial score (nSPS) is 19.8. The lowest BCUT2D eigenvalue weighted by molar-refractivity contribution is 0.0696. The van der Waals surface area contributed by atoms with Gasteiger partial charge in [-0.05, 0) is 44.4 Å². The second-order valence-electron chi connectivity index (χ2n) is 5.77. The highest BCUT2D eigenvalue weighted by Crippen LogP contribution is 2.27. The number of anilines is 1. The molecule has 5 nitrogen and oxygen atoms in total. The van der Waals surface area contributed by atoms with Gasteiger partial charge in [-0.15, -0.1) is 0 Å². The fourth-order valence-electron chi connectivity index (χ4n) is 3.04. The topological polar surface area (TPSA) is 56.7 Å². The minimum atomic E-state index is -0.861. The lowest BCUT2D eigenvalue weighted by Crippen LogP contribution is -2.45. The van der Waals surface area contributed by atoms with Crippen molar-refractivity contribution in [3.05, 3.63) is 22.9 Å². The average molecular weight is 275 g/mol. The molecule has 1 aliphatic heterocycles. The molecule has 1 aromatic rings. The summed E-state index contributed by atoms with van der Waals surface area (Å²) in [5.41, 5.74) is 2.61. The summed E-state index contributed by atoms with van der Waals surface area (Å²) in [6.45, 7) is 3.61. The quantitative estimate of drug-likeness (QED) is 0.884. The van der Waals surface area contributed by atoms with Crippen molar-refractivity contribution >= 4 is 11.8 Å². The third-order valence-electron chi connectivity index (χ3n) is 4.31. The van der Waals surface area contributed by atoms with Crippen LogP contribution in [0.25, 0.3) is 0 Å². The van der Waals surface area contributed by atoms with Crippen LogP contribution in [0.4, 0.5) is 5.82 Å². The molecule has 1 saturated heterocycles. The lowest BCUT2D eigenvalue weighted by Gasteiger charge is -2.34. The number of nitrogens with zero attached hydrogens (tertiary/aromatic N) is 3. The van der Waals surface area contributed by atoms with Crippen LogP contribution in [0, 0.1) is 0 Å². The van der Waals surface area contributed by atoms with E-state index in [9.17, 15) is 9.90 Å². The Kier molecular flexibility index (Phi) is 3.61. The molecule has 2 heterocycles. The third kappa shape index (κ3) is 2.50. The highest BCUT2D eigenvalue weighted by Gasteiger charge is 2.24. The highest BCUT2D eigenvalue weighted by molar-refractivity contribution is 5.93. The molecule has 0 aromatic carbocycles. The van der Waals surface area contributed by atoms with Gasteiger partial charge in [0, 0.05) is 31.9 Å².